The third-order valence-corrected chi connectivity index (χ3v) is 5.60. The number of nitrogens with one attached hydrogen (secondary N) is 1. The molecule has 6 heteroatoms. The zero-order valence-electron chi connectivity index (χ0n) is 16.5. The van der Waals surface area contributed by atoms with Crippen LogP contribution in [0.1, 0.15) is 35.8 Å². The van der Waals surface area contributed by atoms with Crippen LogP contribution in [0, 0.1) is 0 Å². The molecule has 0 fully saturated rings. The largest absolute Gasteiger partial charge is 0.507 e. The molecule has 4 N–H and O–H groups in total. The molecule has 1 aliphatic heterocycles. The number of phenols is 1. The van der Waals surface area contributed by atoms with Crippen molar-refractivity contribution >= 4 is 28.9 Å². The van der Waals surface area contributed by atoms with Gasteiger partial charge >= 0.3 is 0 Å². The molecule has 0 saturated heterocycles. The Hall–Kier alpha value is -2.66. The van der Waals surface area contributed by atoms with E-state index in [1.165, 1.54) is 0 Å². The molecule has 154 valence electrons. The van der Waals surface area contributed by atoms with Crippen molar-refractivity contribution in [2.24, 2.45) is 0 Å². The van der Waals surface area contributed by atoms with E-state index < -0.39 is 0 Å². The van der Waals surface area contributed by atoms with Gasteiger partial charge in [-0.1, -0.05) is 23.2 Å². The van der Waals surface area contributed by atoms with Crippen LogP contribution in [0.3, 0.4) is 0 Å². The lowest BCUT2D eigenvalue weighted by Crippen LogP contribution is -2.89. The molecule has 0 bridgehead atoms. The molecule has 2 unspecified atom stereocenters. The molecule has 1 aliphatic rings. The normalized spacial score (nSPS) is 18.4. The number of nitrogens with two attached hydrogens (primary N) is 1. The van der Waals surface area contributed by atoms with Crippen molar-refractivity contribution in [2.45, 2.75) is 19.1 Å². The first-order valence-electron chi connectivity index (χ1n) is 9.84. The molecular weight excluding hydrogens is 419 g/mol. The molecule has 4 nitrogen and oxygen atoms in total. The Morgan fingerprint density at radius 2 is 1.67 bits per heavy atom. The van der Waals surface area contributed by atoms with E-state index in [4.69, 9.17) is 27.9 Å². The summed E-state index contributed by atoms with van der Waals surface area (Å²) >= 11 is 12.3. The van der Waals surface area contributed by atoms with E-state index in [0.29, 0.717) is 16.7 Å². The van der Waals surface area contributed by atoms with Gasteiger partial charge in [-0.2, -0.15) is 0 Å². The Morgan fingerprint density at radius 1 is 0.967 bits per heavy atom. The molecule has 0 amide bonds. The second-order valence-corrected chi connectivity index (χ2v) is 8.01. The van der Waals surface area contributed by atoms with Crippen LogP contribution < -0.4 is 15.4 Å². The molecule has 0 spiro atoms. The summed E-state index contributed by atoms with van der Waals surface area (Å²) in [6.07, 6.45) is 2.05. The highest BCUT2D eigenvalue weighted by Crippen LogP contribution is 2.31. The van der Waals surface area contributed by atoms with Crippen LogP contribution >= 0.6 is 23.2 Å². The van der Waals surface area contributed by atoms with Gasteiger partial charge in [0.15, 0.2) is 6.17 Å². The minimum atomic E-state index is -0.118. The molecule has 3 aromatic rings. The second kappa shape index (κ2) is 9.00. The van der Waals surface area contributed by atoms with Crippen molar-refractivity contribution < 1.29 is 15.2 Å². The Balaban J connectivity index is 1.73. The van der Waals surface area contributed by atoms with Crippen LogP contribution in [0.15, 0.2) is 72.8 Å². The molecule has 4 rings (SSSR count). The number of hydrogen-bond acceptors (Lipinski definition) is 3. The lowest BCUT2D eigenvalue weighted by molar-refractivity contribution is -0.731. The average molecular weight is 442 g/mol. The molecule has 0 aliphatic carbocycles. The predicted molar refractivity (Wildman–Crippen MR) is 121 cm³/mol. The monoisotopic (exact) mass is 441 g/mol. The molecule has 2 atom stereocenters. The van der Waals surface area contributed by atoms with Gasteiger partial charge < -0.3 is 20.5 Å². The quantitative estimate of drug-likeness (QED) is 0.519. The molecule has 0 saturated carbocycles. The first-order valence-corrected chi connectivity index (χ1v) is 10.6. The summed E-state index contributed by atoms with van der Waals surface area (Å²) in [5.74, 6) is 1.06. The smallest absolute Gasteiger partial charge is 0.186 e. The van der Waals surface area contributed by atoms with Gasteiger partial charge in [-0.05, 0) is 79.2 Å². The van der Waals surface area contributed by atoms with Crippen LogP contribution in [0.2, 0.25) is 10.0 Å². The molecule has 0 radical (unpaired) electrons. The van der Waals surface area contributed by atoms with Crippen LogP contribution in [0.4, 0.5) is 0 Å². The zero-order chi connectivity index (χ0) is 21.1. The summed E-state index contributed by atoms with van der Waals surface area (Å²) < 4.78 is 5.56. The van der Waals surface area contributed by atoms with Crippen LogP contribution in [-0.2, 0) is 0 Å². The number of phenolic OH excluding ortho intramolecular Hbond substituents is 1. The first kappa shape index (κ1) is 20.6. The summed E-state index contributed by atoms with van der Waals surface area (Å²) in [7, 11) is 0. The summed E-state index contributed by atoms with van der Waals surface area (Å²) in [6, 6.07) is 20.8. The maximum absolute atomic E-state index is 10.5. The van der Waals surface area contributed by atoms with Crippen molar-refractivity contribution in [3.05, 3.63) is 99.5 Å². The van der Waals surface area contributed by atoms with Gasteiger partial charge in [0, 0.05) is 27.4 Å². The van der Waals surface area contributed by atoms with Crippen LogP contribution in [-0.4, -0.2) is 11.7 Å². The van der Waals surface area contributed by atoms with Gasteiger partial charge in [0.05, 0.1) is 12.2 Å². The number of rotatable bonds is 5. The Bertz CT molecular complexity index is 1050. The topological polar surface area (TPSA) is 58.1 Å². The molecular formula is C24H23Cl2N2O2+. The highest BCUT2D eigenvalue weighted by atomic mass is 35.5. The number of aromatic hydroxyl groups is 1. The molecule has 3 aromatic carbocycles. The molecule has 0 aromatic heterocycles. The fourth-order valence-corrected chi connectivity index (χ4v) is 3.94. The lowest BCUT2D eigenvalue weighted by Gasteiger charge is -2.30. The Morgan fingerprint density at radius 3 is 2.37 bits per heavy atom. The minimum absolute atomic E-state index is 0.0581. The first-order chi connectivity index (χ1) is 14.5. The number of benzene rings is 3. The number of halogens is 2. The number of quaternary nitrogens is 1. The second-order valence-electron chi connectivity index (χ2n) is 7.13. The Kier molecular flexibility index (Phi) is 6.18. The fraction of sp³-hybridized carbons (Fsp3) is 0.167. The van der Waals surface area contributed by atoms with E-state index in [1.807, 2.05) is 61.5 Å². The van der Waals surface area contributed by atoms with Crippen LogP contribution in [0.5, 0.6) is 11.5 Å². The molecule has 1 heterocycles. The van der Waals surface area contributed by atoms with Gasteiger partial charge in [0.1, 0.15) is 17.5 Å². The summed E-state index contributed by atoms with van der Waals surface area (Å²) in [6.45, 7) is 2.59. The van der Waals surface area contributed by atoms with Gasteiger partial charge in [-0.25, -0.2) is 0 Å². The third-order valence-electron chi connectivity index (χ3n) is 5.11. The fourth-order valence-electron chi connectivity index (χ4n) is 3.63. The summed E-state index contributed by atoms with van der Waals surface area (Å²) in [4.78, 5) is 0. The van der Waals surface area contributed by atoms with Gasteiger partial charge in [-0.3, -0.25) is 0 Å². The maximum atomic E-state index is 10.5. The van der Waals surface area contributed by atoms with Crippen LogP contribution in [0.25, 0.3) is 5.70 Å². The van der Waals surface area contributed by atoms with Gasteiger partial charge in [0.2, 0.25) is 0 Å². The van der Waals surface area contributed by atoms with Crippen molar-refractivity contribution in [3.63, 3.8) is 0 Å². The zero-order valence-corrected chi connectivity index (χ0v) is 18.0. The number of ether oxygens (including phenoxy) is 1. The predicted octanol–water partition coefficient (Wildman–Crippen LogP) is 5.05. The molecule has 30 heavy (non-hydrogen) atoms. The summed E-state index contributed by atoms with van der Waals surface area (Å²) in [5.41, 5.74) is 3.87. The van der Waals surface area contributed by atoms with E-state index in [1.54, 1.807) is 12.1 Å². The van der Waals surface area contributed by atoms with Crippen molar-refractivity contribution in [1.29, 1.82) is 0 Å². The van der Waals surface area contributed by atoms with E-state index in [9.17, 15) is 5.11 Å². The van der Waals surface area contributed by atoms with Crippen molar-refractivity contribution in [3.8, 4) is 11.5 Å². The highest BCUT2D eigenvalue weighted by Gasteiger charge is 2.29. The third kappa shape index (κ3) is 4.57. The maximum Gasteiger partial charge on any atom is 0.186 e. The van der Waals surface area contributed by atoms with Gasteiger partial charge in [0.25, 0.3) is 0 Å². The number of hydrogen-bond donors (Lipinski definition) is 3. The standard InChI is InChI=1S/C24H22Cl2N2O2/c1-2-30-19-10-5-15(6-11-19)21-14-22(20-13-18(26)9-12-23(20)29)28-24(27-21)16-3-7-17(25)8-4-16/h3-14,22,24,27-29H,2H2,1H3/p+1. The lowest BCUT2D eigenvalue weighted by atomic mass is 9.98. The Labute approximate surface area is 186 Å². The minimum Gasteiger partial charge on any atom is -0.507 e. The SMILES string of the molecule is CCOc1ccc(C2=CC(c3cc(Cl)ccc3O)[NH2+]C(c3ccc(Cl)cc3)N2)cc1. The summed E-state index contributed by atoms with van der Waals surface area (Å²) in [5, 5.41) is 17.5. The van der Waals surface area contributed by atoms with E-state index in [0.717, 1.165) is 28.1 Å². The van der Waals surface area contributed by atoms with Crippen molar-refractivity contribution in [2.75, 3.05) is 6.61 Å². The van der Waals surface area contributed by atoms with E-state index >= 15 is 0 Å². The highest BCUT2D eigenvalue weighted by molar-refractivity contribution is 6.30. The van der Waals surface area contributed by atoms with Gasteiger partial charge in [-0.15, -0.1) is 0 Å². The average Bonchev–Trinajstić information content (AvgIpc) is 2.76. The van der Waals surface area contributed by atoms with E-state index in [-0.39, 0.29) is 18.0 Å². The van der Waals surface area contributed by atoms with E-state index in [2.05, 4.69) is 16.7 Å². The van der Waals surface area contributed by atoms with Crippen molar-refractivity contribution in [1.82, 2.24) is 5.32 Å².